The summed E-state index contributed by atoms with van der Waals surface area (Å²) in [5.74, 6) is 1.91. The number of para-hydroxylation sites is 2. The molecule has 1 unspecified atom stereocenters. The van der Waals surface area contributed by atoms with Gasteiger partial charge in [0.15, 0.2) is 11.2 Å². The fourth-order valence-corrected chi connectivity index (χ4v) is 11.3. The Balaban J connectivity index is 1.17. The predicted octanol–water partition coefficient (Wildman–Crippen LogP) is 20.8. The molecule has 0 spiro atoms. The summed E-state index contributed by atoms with van der Waals surface area (Å²) in [6.45, 7) is 20.3. The second-order valence-electron chi connectivity index (χ2n) is 21.1. The van der Waals surface area contributed by atoms with Crippen LogP contribution in [0, 0.1) is 10.8 Å². The minimum absolute atomic E-state index is 0.0882. The highest BCUT2D eigenvalue weighted by Crippen LogP contribution is 2.52. The van der Waals surface area contributed by atoms with Crippen molar-refractivity contribution >= 4 is 93.8 Å². The normalized spacial score (nSPS) is 17.6. The first kappa shape index (κ1) is 47.7. The third-order valence-corrected chi connectivity index (χ3v) is 16.4. The van der Waals surface area contributed by atoms with E-state index >= 15 is 0 Å². The third kappa shape index (κ3) is 8.16. The van der Waals surface area contributed by atoms with E-state index in [1.54, 1.807) is 0 Å². The van der Waals surface area contributed by atoms with Crippen LogP contribution in [0.5, 0.6) is 0 Å². The lowest BCUT2D eigenvalue weighted by Crippen LogP contribution is -2.19. The molecule has 4 heteroatoms. The Morgan fingerprint density at radius 3 is 2.27 bits per heavy atom. The molecule has 2 bridgehead atoms. The van der Waals surface area contributed by atoms with Crippen molar-refractivity contribution in [1.82, 2.24) is 0 Å². The number of benzene rings is 7. The minimum atomic E-state index is -0.268. The number of rotatable bonds is 13. The summed E-state index contributed by atoms with van der Waals surface area (Å²) in [5.41, 5.74) is 14.2. The molecule has 0 amide bonds. The summed E-state index contributed by atoms with van der Waals surface area (Å²) in [6.07, 6.45) is 28.4. The number of hydrogen-bond donors (Lipinski definition) is 0. The van der Waals surface area contributed by atoms with Crippen LogP contribution in [0.15, 0.2) is 196 Å². The minimum Gasteiger partial charge on any atom is -0.454 e. The monoisotopic (exact) mass is 957 g/mol. The highest BCUT2D eigenvalue weighted by Gasteiger charge is 2.34. The molecule has 0 saturated heterocycles. The van der Waals surface area contributed by atoms with Gasteiger partial charge >= 0.3 is 0 Å². The van der Waals surface area contributed by atoms with Gasteiger partial charge in [-0.05, 0) is 133 Å². The van der Waals surface area contributed by atoms with Crippen molar-refractivity contribution in [3.05, 3.63) is 210 Å². The SMILES string of the molecule is C/C=C\C=C(/c1cc2cccc(N(c3ccc(CC)cc3)c3ccc4ccc5c(N6C(=C/CC=C(C)CC)/C=C/C(C)(CC)C7=CC=CCc8c7oc7c6cccc87)ccc6ccc3c4c65)c2o1)C(C)(C)CC. The van der Waals surface area contributed by atoms with Crippen molar-refractivity contribution in [2.24, 2.45) is 10.8 Å². The average molecular weight is 957 g/mol. The Hall–Kier alpha value is -7.56. The van der Waals surface area contributed by atoms with Crippen LogP contribution in [-0.4, -0.2) is 0 Å². The summed E-state index contributed by atoms with van der Waals surface area (Å²) >= 11 is 0. The van der Waals surface area contributed by atoms with E-state index in [1.807, 2.05) is 0 Å². The second-order valence-corrected chi connectivity index (χ2v) is 21.1. The number of nitrogens with zero attached hydrogens (tertiary/aromatic N) is 2. The van der Waals surface area contributed by atoms with E-state index in [1.165, 1.54) is 65.5 Å². The molecule has 366 valence electrons. The molecule has 11 rings (SSSR count). The van der Waals surface area contributed by atoms with Crippen molar-refractivity contribution in [3.63, 3.8) is 0 Å². The lowest BCUT2D eigenvalue weighted by atomic mass is 9.77. The van der Waals surface area contributed by atoms with Gasteiger partial charge in [-0.2, -0.15) is 0 Å². The lowest BCUT2D eigenvalue weighted by molar-refractivity contribution is 0.463. The van der Waals surface area contributed by atoms with Crippen molar-refractivity contribution < 1.29 is 8.83 Å². The Morgan fingerprint density at radius 1 is 0.767 bits per heavy atom. The van der Waals surface area contributed by atoms with Gasteiger partial charge in [0.2, 0.25) is 0 Å². The third-order valence-electron chi connectivity index (χ3n) is 16.4. The highest BCUT2D eigenvalue weighted by atomic mass is 16.3. The van der Waals surface area contributed by atoms with E-state index in [0.29, 0.717) is 0 Å². The molecule has 9 aromatic rings. The molecule has 1 aliphatic heterocycles. The van der Waals surface area contributed by atoms with Crippen LogP contribution in [0.2, 0.25) is 0 Å². The molecular weight excluding hydrogens is 889 g/mol. The summed E-state index contributed by atoms with van der Waals surface area (Å²) in [7, 11) is 0. The summed E-state index contributed by atoms with van der Waals surface area (Å²) in [6, 6.07) is 43.2. The Bertz CT molecular complexity index is 3800. The van der Waals surface area contributed by atoms with Crippen LogP contribution >= 0.6 is 0 Å². The molecule has 73 heavy (non-hydrogen) atoms. The standard InChI is InChI=1S/C69H68N2O2/c1-10-15-26-56(68(7,8)13-4)62-44-49-22-19-28-60(65(49)72-62)71(51-36-30-46(12-3)31-37-51)59-41-35-48-32-38-54-58(40-34-47-33-39-55(59)64(48)63(47)54)70-50(23-18-21-45(6)11-2)42-43-69(9,14-5)57-27-17-16-24-52-53-25-20-29-61(70)67(53)73-66(52)57/h10,15-17,19-23,25-44H,11-14,18,24H2,1-9H3/b15-10-,43-42+,45-21?,50-23+,56-26+. The van der Waals surface area contributed by atoms with Crippen molar-refractivity contribution in [1.29, 1.82) is 0 Å². The van der Waals surface area contributed by atoms with Crippen LogP contribution in [0.25, 0.3) is 65.4 Å². The van der Waals surface area contributed by atoms with Gasteiger partial charge in [-0.25, -0.2) is 0 Å². The average Bonchev–Trinajstić information content (AvgIpc) is 3.95. The van der Waals surface area contributed by atoms with Crippen molar-refractivity contribution in [3.8, 4) is 0 Å². The molecule has 4 nitrogen and oxygen atoms in total. The molecule has 0 fully saturated rings. The predicted molar refractivity (Wildman–Crippen MR) is 314 cm³/mol. The second kappa shape index (κ2) is 19.1. The van der Waals surface area contributed by atoms with E-state index in [-0.39, 0.29) is 10.8 Å². The van der Waals surface area contributed by atoms with E-state index in [4.69, 9.17) is 8.83 Å². The summed E-state index contributed by atoms with van der Waals surface area (Å²) in [4.78, 5) is 4.91. The van der Waals surface area contributed by atoms with Crippen LogP contribution in [0.4, 0.5) is 28.4 Å². The Morgan fingerprint density at radius 2 is 1.52 bits per heavy atom. The first-order valence-corrected chi connectivity index (χ1v) is 26.7. The molecule has 0 saturated carbocycles. The molecule has 1 aliphatic carbocycles. The van der Waals surface area contributed by atoms with Crippen molar-refractivity contribution in [2.45, 2.75) is 101 Å². The Labute approximate surface area is 432 Å². The maximum absolute atomic E-state index is 7.26. The van der Waals surface area contributed by atoms with Gasteiger partial charge in [-0.3, -0.25) is 0 Å². The van der Waals surface area contributed by atoms with Gasteiger partial charge in [0.1, 0.15) is 11.5 Å². The first-order valence-electron chi connectivity index (χ1n) is 26.7. The number of hydrogen-bond acceptors (Lipinski definition) is 4. The van der Waals surface area contributed by atoms with Gasteiger partial charge in [0.05, 0.1) is 22.7 Å². The molecule has 1 atom stereocenters. The zero-order valence-corrected chi connectivity index (χ0v) is 44.2. The molecule has 0 N–H and O–H groups in total. The van der Waals surface area contributed by atoms with Crippen LogP contribution in [0.3, 0.4) is 0 Å². The van der Waals surface area contributed by atoms with Crippen molar-refractivity contribution in [2.75, 3.05) is 9.80 Å². The van der Waals surface area contributed by atoms with Crippen LogP contribution < -0.4 is 9.80 Å². The number of furan rings is 2. The maximum Gasteiger partial charge on any atom is 0.159 e. The molecule has 2 aliphatic rings. The van der Waals surface area contributed by atoms with Gasteiger partial charge in [0, 0.05) is 55.1 Å². The lowest BCUT2D eigenvalue weighted by Gasteiger charge is -2.32. The highest BCUT2D eigenvalue weighted by molar-refractivity contribution is 6.28. The molecule has 3 heterocycles. The molecule has 0 radical (unpaired) electrons. The number of aryl methyl sites for hydroxylation is 1. The molecule has 2 aromatic heterocycles. The first-order chi connectivity index (χ1) is 35.5. The number of allylic oxidation sites excluding steroid dienone is 13. The van der Waals surface area contributed by atoms with E-state index < -0.39 is 0 Å². The van der Waals surface area contributed by atoms with E-state index in [9.17, 15) is 0 Å². The number of anilines is 5. The Kier molecular flexibility index (Phi) is 12.5. The quantitative estimate of drug-likeness (QED) is 0.0655. The zero-order valence-electron chi connectivity index (χ0n) is 44.2. The van der Waals surface area contributed by atoms with E-state index in [2.05, 4.69) is 248 Å². The van der Waals surface area contributed by atoms with Gasteiger partial charge in [-0.15, -0.1) is 0 Å². The topological polar surface area (TPSA) is 32.8 Å². The molecular formula is C69H68N2O2. The fourth-order valence-electron chi connectivity index (χ4n) is 11.3. The van der Waals surface area contributed by atoms with Gasteiger partial charge in [-0.1, -0.05) is 182 Å². The summed E-state index contributed by atoms with van der Waals surface area (Å²) in [5, 5.41) is 9.50. The zero-order chi connectivity index (χ0) is 50.6. The van der Waals surface area contributed by atoms with Crippen LogP contribution in [0.1, 0.15) is 111 Å². The van der Waals surface area contributed by atoms with Crippen LogP contribution in [-0.2, 0) is 12.8 Å². The fraction of sp³-hybridized carbons (Fsp3) is 0.246. The van der Waals surface area contributed by atoms with Gasteiger partial charge in [0.25, 0.3) is 0 Å². The summed E-state index contributed by atoms with van der Waals surface area (Å²) < 4.78 is 14.4. The number of fused-ring (bicyclic) bond motifs is 2. The molecule has 7 aromatic carbocycles. The smallest absolute Gasteiger partial charge is 0.159 e. The largest absolute Gasteiger partial charge is 0.454 e. The van der Waals surface area contributed by atoms with Gasteiger partial charge < -0.3 is 18.6 Å². The maximum atomic E-state index is 7.26. The van der Waals surface area contributed by atoms with E-state index in [0.717, 1.165) is 101 Å².